The van der Waals surface area contributed by atoms with E-state index >= 15 is 0 Å². The number of rotatable bonds is 5. The van der Waals surface area contributed by atoms with Crippen LogP contribution < -0.4 is 5.32 Å². The van der Waals surface area contributed by atoms with E-state index in [9.17, 15) is 5.26 Å². The third kappa shape index (κ3) is 3.24. The number of ether oxygens (including phenoxy) is 1. The molecule has 0 bridgehead atoms. The molecule has 19 heavy (non-hydrogen) atoms. The van der Waals surface area contributed by atoms with Crippen LogP contribution >= 0.6 is 0 Å². The van der Waals surface area contributed by atoms with Crippen LogP contribution in [0.2, 0.25) is 0 Å². The molecule has 0 atom stereocenters. The molecule has 4 heteroatoms. The number of nitrogens with one attached hydrogen (secondary N) is 1. The van der Waals surface area contributed by atoms with Crippen LogP contribution in [0, 0.1) is 11.3 Å². The van der Waals surface area contributed by atoms with Gasteiger partial charge in [-0.1, -0.05) is 0 Å². The third-order valence-corrected chi connectivity index (χ3v) is 3.39. The zero-order chi connectivity index (χ0) is 13.9. The lowest BCUT2D eigenvalue weighted by molar-refractivity contribution is 0.000638. The van der Waals surface area contributed by atoms with Gasteiger partial charge in [-0.15, -0.1) is 0 Å². The molecule has 1 aromatic rings. The fraction of sp³-hybridized carbons (Fsp3) is 0.600. The van der Waals surface area contributed by atoms with Gasteiger partial charge in [-0.05, 0) is 51.7 Å². The van der Waals surface area contributed by atoms with E-state index in [1.165, 1.54) is 5.56 Å². The molecule has 1 aromatic heterocycles. The highest BCUT2D eigenvalue weighted by atomic mass is 16.5. The lowest BCUT2D eigenvalue weighted by Crippen LogP contribution is -2.33. The van der Waals surface area contributed by atoms with Crippen molar-refractivity contribution in [3.63, 3.8) is 0 Å². The van der Waals surface area contributed by atoms with Crippen LogP contribution in [-0.4, -0.2) is 23.7 Å². The van der Waals surface area contributed by atoms with Crippen molar-refractivity contribution >= 4 is 5.82 Å². The Morgan fingerprint density at radius 2 is 2.26 bits per heavy atom. The zero-order valence-corrected chi connectivity index (χ0v) is 11.9. The Kier molecular flexibility index (Phi) is 4.06. The Labute approximate surface area is 114 Å². The van der Waals surface area contributed by atoms with Crippen molar-refractivity contribution in [1.29, 1.82) is 5.26 Å². The molecule has 0 spiro atoms. The van der Waals surface area contributed by atoms with E-state index in [1.54, 1.807) is 0 Å². The number of aromatic nitrogens is 1. The summed E-state index contributed by atoms with van der Waals surface area (Å²) in [4.78, 5) is 4.60. The van der Waals surface area contributed by atoms with Gasteiger partial charge >= 0.3 is 0 Å². The van der Waals surface area contributed by atoms with Gasteiger partial charge in [0.1, 0.15) is 11.9 Å². The van der Waals surface area contributed by atoms with E-state index < -0.39 is 0 Å². The summed E-state index contributed by atoms with van der Waals surface area (Å²) in [6, 6.07) is 4.21. The molecule has 1 aliphatic rings. The molecule has 0 radical (unpaired) electrons. The molecular weight excluding hydrogens is 238 g/mol. The van der Waals surface area contributed by atoms with Gasteiger partial charge in [0.2, 0.25) is 0 Å². The predicted molar refractivity (Wildman–Crippen MR) is 75.2 cm³/mol. The van der Waals surface area contributed by atoms with Gasteiger partial charge in [0.15, 0.2) is 0 Å². The maximum Gasteiger partial charge on any atom is 0.144 e. The number of hydrogen-bond donors (Lipinski definition) is 1. The topological polar surface area (TPSA) is 57.9 Å². The quantitative estimate of drug-likeness (QED) is 0.883. The van der Waals surface area contributed by atoms with Crippen molar-refractivity contribution in [2.75, 3.05) is 18.5 Å². The molecule has 0 unspecified atom stereocenters. The number of anilines is 1. The summed E-state index contributed by atoms with van der Waals surface area (Å²) < 4.78 is 5.64. The molecule has 4 nitrogen and oxygen atoms in total. The Balaban J connectivity index is 2.14. The standard InChI is InChI=1S/C15H21N3O/c1-4-19-15(2,3)10-17-14-12(9-16)8-11-6-5-7-13(11)18-14/h8H,4-7,10H2,1-3H3,(H,17,18). The van der Waals surface area contributed by atoms with Crippen molar-refractivity contribution in [2.24, 2.45) is 0 Å². The Morgan fingerprint density at radius 3 is 2.95 bits per heavy atom. The van der Waals surface area contributed by atoms with Gasteiger partial charge in [0.05, 0.1) is 11.2 Å². The van der Waals surface area contributed by atoms with Crippen LogP contribution in [0.5, 0.6) is 0 Å². The minimum atomic E-state index is -0.262. The third-order valence-electron chi connectivity index (χ3n) is 3.39. The van der Waals surface area contributed by atoms with Crippen LogP contribution in [0.15, 0.2) is 6.07 Å². The summed E-state index contributed by atoms with van der Waals surface area (Å²) in [6.45, 7) is 7.36. The summed E-state index contributed by atoms with van der Waals surface area (Å²) in [6.07, 6.45) is 3.20. The van der Waals surface area contributed by atoms with Gasteiger partial charge < -0.3 is 10.1 Å². The van der Waals surface area contributed by atoms with E-state index in [0.29, 0.717) is 24.5 Å². The number of fused-ring (bicyclic) bond motifs is 1. The first-order valence-corrected chi connectivity index (χ1v) is 6.86. The van der Waals surface area contributed by atoms with Crippen molar-refractivity contribution in [2.45, 2.75) is 45.6 Å². The van der Waals surface area contributed by atoms with Gasteiger partial charge in [0.25, 0.3) is 0 Å². The van der Waals surface area contributed by atoms with Crippen molar-refractivity contribution in [3.05, 3.63) is 22.9 Å². The highest BCUT2D eigenvalue weighted by molar-refractivity contribution is 5.55. The second kappa shape index (κ2) is 5.58. The lowest BCUT2D eigenvalue weighted by atomic mass is 10.1. The number of aryl methyl sites for hydroxylation is 2. The van der Waals surface area contributed by atoms with Crippen molar-refractivity contribution < 1.29 is 4.74 Å². The number of hydrogen-bond acceptors (Lipinski definition) is 4. The molecule has 0 aromatic carbocycles. The Bertz CT molecular complexity index is 503. The average Bonchev–Trinajstić information content (AvgIpc) is 2.82. The first-order valence-electron chi connectivity index (χ1n) is 6.86. The minimum absolute atomic E-state index is 0.262. The monoisotopic (exact) mass is 259 g/mol. The van der Waals surface area contributed by atoms with Crippen LogP contribution in [0.3, 0.4) is 0 Å². The predicted octanol–water partition coefficient (Wildman–Crippen LogP) is 2.67. The average molecular weight is 259 g/mol. The number of nitriles is 1. The normalized spacial score (nSPS) is 14.0. The molecule has 2 rings (SSSR count). The summed E-state index contributed by atoms with van der Waals surface area (Å²) in [5.74, 6) is 0.691. The fourth-order valence-electron chi connectivity index (χ4n) is 2.43. The fourth-order valence-corrected chi connectivity index (χ4v) is 2.43. The van der Waals surface area contributed by atoms with E-state index in [4.69, 9.17) is 4.74 Å². The maximum absolute atomic E-state index is 9.22. The lowest BCUT2D eigenvalue weighted by Gasteiger charge is -2.25. The Hall–Kier alpha value is -1.60. The highest BCUT2D eigenvalue weighted by Gasteiger charge is 2.20. The van der Waals surface area contributed by atoms with E-state index in [1.807, 2.05) is 26.8 Å². The van der Waals surface area contributed by atoms with Crippen LogP contribution in [0.1, 0.15) is 44.0 Å². The van der Waals surface area contributed by atoms with Crippen molar-refractivity contribution in [3.8, 4) is 6.07 Å². The summed E-state index contributed by atoms with van der Waals surface area (Å²) in [7, 11) is 0. The molecule has 1 aliphatic carbocycles. The smallest absolute Gasteiger partial charge is 0.144 e. The SMILES string of the molecule is CCOC(C)(C)CNc1nc2c(cc1C#N)CCC2. The highest BCUT2D eigenvalue weighted by Crippen LogP contribution is 2.25. The van der Waals surface area contributed by atoms with Gasteiger partial charge in [-0.3, -0.25) is 0 Å². The van der Waals surface area contributed by atoms with E-state index in [2.05, 4.69) is 16.4 Å². The van der Waals surface area contributed by atoms with Crippen molar-refractivity contribution in [1.82, 2.24) is 4.98 Å². The molecule has 102 valence electrons. The molecule has 0 saturated heterocycles. The minimum Gasteiger partial charge on any atom is -0.374 e. The van der Waals surface area contributed by atoms with E-state index in [0.717, 1.165) is 25.0 Å². The second-order valence-electron chi connectivity index (χ2n) is 5.50. The van der Waals surface area contributed by atoms with Crippen LogP contribution in [-0.2, 0) is 17.6 Å². The van der Waals surface area contributed by atoms with Gasteiger partial charge in [-0.25, -0.2) is 4.98 Å². The number of nitrogens with zero attached hydrogens (tertiary/aromatic N) is 2. The molecular formula is C15H21N3O. The van der Waals surface area contributed by atoms with E-state index in [-0.39, 0.29) is 5.60 Å². The molecule has 0 fully saturated rings. The van der Waals surface area contributed by atoms with Crippen LogP contribution in [0.4, 0.5) is 5.82 Å². The molecule has 0 saturated carbocycles. The zero-order valence-electron chi connectivity index (χ0n) is 11.9. The summed E-state index contributed by atoms with van der Waals surface area (Å²) in [5, 5.41) is 12.5. The number of pyridine rings is 1. The maximum atomic E-state index is 9.22. The molecule has 1 N–H and O–H groups in total. The Morgan fingerprint density at radius 1 is 1.47 bits per heavy atom. The molecule has 1 heterocycles. The first-order chi connectivity index (χ1) is 9.05. The van der Waals surface area contributed by atoms with Gasteiger partial charge in [-0.2, -0.15) is 5.26 Å². The molecule has 0 amide bonds. The first kappa shape index (κ1) is 13.8. The molecule has 0 aliphatic heterocycles. The summed E-state index contributed by atoms with van der Waals surface area (Å²) >= 11 is 0. The summed E-state index contributed by atoms with van der Waals surface area (Å²) in [5.41, 5.74) is 2.73. The second-order valence-corrected chi connectivity index (χ2v) is 5.50. The largest absolute Gasteiger partial charge is 0.374 e. The van der Waals surface area contributed by atoms with Gasteiger partial charge in [0, 0.05) is 18.8 Å². The van der Waals surface area contributed by atoms with Crippen LogP contribution in [0.25, 0.3) is 0 Å².